The highest BCUT2D eigenvalue weighted by molar-refractivity contribution is 5.69. The van der Waals surface area contributed by atoms with Crippen molar-refractivity contribution in [3.63, 3.8) is 0 Å². The first-order valence-corrected chi connectivity index (χ1v) is 7.91. The number of likely N-dealkylation sites (tertiary alicyclic amines) is 1. The molecule has 4 nitrogen and oxygen atoms in total. The highest BCUT2D eigenvalue weighted by Crippen LogP contribution is 2.22. The van der Waals surface area contributed by atoms with Gasteiger partial charge in [0.2, 0.25) is 0 Å². The maximum absolute atomic E-state index is 11.2. The van der Waals surface area contributed by atoms with E-state index in [0.717, 1.165) is 24.9 Å². The molecule has 0 aromatic heterocycles. The van der Waals surface area contributed by atoms with Crippen molar-refractivity contribution in [1.82, 2.24) is 4.90 Å². The van der Waals surface area contributed by atoms with Gasteiger partial charge in [0, 0.05) is 12.6 Å². The van der Waals surface area contributed by atoms with Crippen molar-refractivity contribution in [1.29, 1.82) is 0 Å². The highest BCUT2D eigenvalue weighted by Gasteiger charge is 2.26. The second kappa shape index (κ2) is 8.71. The van der Waals surface area contributed by atoms with Gasteiger partial charge < -0.3 is 9.84 Å². The van der Waals surface area contributed by atoms with E-state index in [1.807, 2.05) is 42.5 Å². The number of hydrogen-bond donors (Lipinski definition) is 1. The van der Waals surface area contributed by atoms with Crippen LogP contribution in [0.1, 0.15) is 31.2 Å². The molecule has 1 aromatic rings. The molecular formula is C18H25NO3. The SMILES string of the molecule is COC(=O)CCN1CCCC1CC(O)/C=C/c1ccccc1. The normalized spacial score (nSPS) is 20.4. The molecule has 1 saturated heterocycles. The van der Waals surface area contributed by atoms with Crippen LogP contribution in [0.5, 0.6) is 0 Å². The van der Waals surface area contributed by atoms with Gasteiger partial charge >= 0.3 is 5.97 Å². The predicted molar refractivity (Wildman–Crippen MR) is 87.3 cm³/mol. The molecule has 0 bridgehead atoms. The van der Waals surface area contributed by atoms with Crippen molar-refractivity contribution in [3.8, 4) is 0 Å². The molecule has 0 spiro atoms. The number of rotatable bonds is 7. The summed E-state index contributed by atoms with van der Waals surface area (Å²) in [6, 6.07) is 10.3. The lowest BCUT2D eigenvalue weighted by atomic mass is 10.1. The third-order valence-corrected chi connectivity index (χ3v) is 4.15. The largest absolute Gasteiger partial charge is 0.469 e. The second-order valence-electron chi connectivity index (χ2n) is 5.73. The first-order valence-electron chi connectivity index (χ1n) is 7.91. The Morgan fingerprint density at radius 2 is 2.23 bits per heavy atom. The maximum atomic E-state index is 11.2. The van der Waals surface area contributed by atoms with Crippen LogP contribution >= 0.6 is 0 Å². The van der Waals surface area contributed by atoms with E-state index in [2.05, 4.69) is 9.64 Å². The Kier molecular flexibility index (Phi) is 6.62. The molecule has 1 aliphatic heterocycles. The Morgan fingerprint density at radius 3 is 2.95 bits per heavy atom. The zero-order chi connectivity index (χ0) is 15.8. The number of ether oxygens (including phenoxy) is 1. The summed E-state index contributed by atoms with van der Waals surface area (Å²) in [4.78, 5) is 13.5. The molecule has 0 aliphatic carbocycles. The number of nitrogens with zero attached hydrogens (tertiary/aromatic N) is 1. The number of aliphatic hydroxyl groups is 1. The fourth-order valence-corrected chi connectivity index (χ4v) is 2.94. The monoisotopic (exact) mass is 303 g/mol. The minimum atomic E-state index is -0.455. The summed E-state index contributed by atoms with van der Waals surface area (Å²) in [5.41, 5.74) is 1.09. The zero-order valence-corrected chi connectivity index (χ0v) is 13.1. The standard InChI is InChI=1S/C18H25NO3/c1-22-18(21)11-13-19-12-5-8-16(19)14-17(20)10-9-15-6-3-2-4-7-15/h2-4,6-7,9-10,16-17,20H,5,8,11-14H2,1H3/b10-9+. The third-order valence-electron chi connectivity index (χ3n) is 4.15. The Morgan fingerprint density at radius 1 is 1.45 bits per heavy atom. The van der Waals surface area contributed by atoms with Crippen LogP contribution in [-0.4, -0.2) is 48.3 Å². The van der Waals surface area contributed by atoms with E-state index in [1.54, 1.807) is 0 Å². The molecule has 2 rings (SSSR count). The van der Waals surface area contributed by atoms with Gasteiger partial charge in [0.05, 0.1) is 19.6 Å². The number of benzene rings is 1. The average Bonchev–Trinajstić information content (AvgIpc) is 2.98. The van der Waals surface area contributed by atoms with Crippen LogP contribution in [0.15, 0.2) is 36.4 Å². The van der Waals surface area contributed by atoms with Crippen molar-refractivity contribution in [2.75, 3.05) is 20.2 Å². The lowest BCUT2D eigenvalue weighted by molar-refractivity contribution is -0.141. The topological polar surface area (TPSA) is 49.8 Å². The van der Waals surface area contributed by atoms with Crippen LogP contribution in [0, 0.1) is 0 Å². The van der Waals surface area contributed by atoms with Gasteiger partial charge in [-0.25, -0.2) is 0 Å². The van der Waals surface area contributed by atoms with Gasteiger partial charge in [-0.15, -0.1) is 0 Å². The Bertz CT molecular complexity index is 486. The van der Waals surface area contributed by atoms with Crippen molar-refractivity contribution in [2.24, 2.45) is 0 Å². The van der Waals surface area contributed by atoms with E-state index in [0.29, 0.717) is 25.4 Å². The minimum Gasteiger partial charge on any atom is -0.469 e. The van der Waals surface area contributed by atoms with Crippen molar-refractivity contribution in [2.45, 2.75) is 37.8 Å². The summed E-state index contributed by atoms with van der Waals surface area (Å²) in [5, 5.41) is 10.2. The van der Waals surface area contributed by atoms with Crippen LogP contribution in [0.25, 0.3) is 6.08 Å². The summed E-state index contributed by atoms with van der Waals surface area (Å²) in [6.07, 6.45) is 6.69. The van der Waals surface area contributed by atoms with E-state index in [1.165, 1.54) is 7.11 Å². The van der Waals surface area contributed by atoms with Gasteiger partial charge in [0.25, 0.3) is 0 Å². The fraction of sp³-hybridized carbons (Fsp3) is 0.500. The van der Waals surface area contributed by atoms with Gasteiger partial charge in [-0.05, 0) is 31.4 Å². The van der Waals surface area contributed by atoms with Gasteiger partial charge in [0.1, 0.15) is 0 Å². The van der Waals surface area contributed by atoms with Crippen LogP contribution in [0.3, 0.4) is 0 Å². The van der Waals surface area contributed by atoms with E-state index < -0.39 is 6.10 Å². The predicted octanol–water partition coefficient (Wildman–Crippen LogP) is 2.48. The molecule has 120 valence electrons. The van der Waals surface area contributed by atoms with Gasteiger partial charge in [-0.1, -0.05) is 42.5 Å². The van der Waals surface area contributed by atoms with Gasteiger partial charge in [-0.2, -0.15) is 0 Å². The van der Waals surface area contributed by atoms with E-state index in [4.69, 9.17) is 0 Å². The summed E-state index contributed by atoms with van der Waals surface area (Å²) in [5.74, 6) is -0.171. The summed E-state index contributed by atoms with van der Waals surface area (Å²) in [6.45, 7) is 1.71. The number of esters is 1. The number of methoxy groups -OCH3 is 1. The lowest BCUT2D eigenvalue weighted by Crippen LogP contribution is -2.34. The Labute approximate surface area is 132 Å². The number of carbonyl (C=O) groups excluding carboxylic acids is 1. The van der Waals surface area contributed by atoms with Crippen LogP contribution in [-0.2, 0) is 9.53 Å². The Hall–Kier alpha value is -1.65. The third kappa shape index (κ3) is 5.28. The minimum absolute atomic E-state index is 0.171. The molecular weight excluding hydrogens is 278 g/mol. The Balaban J connectivity index is 1.81. The van der Waals surface area contributed by atoms with Crippen LogP contribution in [0.2, 0.25) is 0 Å². The molecule has 4 heteroatoms. The maximum Gasteiger partial charge on any atom is 0.306 e. The molecule has 0 saturated carbocycles. The van der Waals surface area contributed by atoms with Crippen molar-refractivity contribution < 1.29 is 14.6 Å². The van der Waals surface area contributed by atoms with Crippen LogP contribution < -0.4 is 0 Å². The molecule has 2 atom stereocenters. The summed E-state index contributed by atoms with van der Waals surface area (Å²) in [7, 11) is 1.42. The van der Waals surface area contributed by atoms with Gasteiger partial charge in [-0.3, -0.25) is 9.69 Å². The quantitative estimate of drug-likeness (QED) is 0.786. The molecule has 1 N–H and O–H groups in total. The van der Waals surface area contributed by atoms with Gasteiger partial charge in [0.15, 0.2) is 0 Å². The fourth-order valence-electron chi connectivity index (χ4n) is 2.94. The summed E-state index contributed by atoms with van der Waals surface area (Å²) >= 11 is 0. The molecule has 22 heavy (non-hydrogen) atoms. The smallest absolute Gasteiger partial charge is 0.306 e. The van der Waals surface area contributed by atoms with Crippen molar-refractivity contribution >= 4 is 12.0 Å². The summed E-state index contributed by atoms with van der Waals surface area (Å²) < 4.78 is 4.69. The van der Waals surface area contributed by atoms with Crippen molar-refractivity contribution in [3.05, 3.63) is 42.0 Å². The van der Waals surface area contributed by atoms with Crippen LogP contribution in [0.4, 0.5) is 0 Å². The zero-order valence-electron chi connectivity index (χ0n) is 13.1. The number of aliphatic hydroxyl groups excluding tert-OH is 1. The second-order valence-corrected chi connectivity index (χ2v) is 5.73. The highest BCUT2D eigenvalue weighted by atomic mass is 16.5. The molecule has 1 fully saturated rings. The molecule has 2 unspecified atom stereocenters. The molecule has 0 amide bonds. The average molecular weight is 303 g/mol. The molecule has 0 radical (unpaired) electrons. The molecule has 1 heterocycles. The van der Waals surface area contributed by atoms with E-state index in [9.17, 15) is 9.90 Å². The molecule has 1 aliphatic rings. The first-order chi connectivity index (χ1) is 10.7. The molecule has 1 aromatic carbocycles. The lowest BCUT2D eigenvalue weighted by Gasteiger charge is -2.25. The van der Waals surface area contributed by atoms with E-state index in [-0.39, 0.29) is 5.97 Å². The number of carbonyl (C=O) groups is 1. The first kappa shape index (κ1) is 16.7. The number of hydrogen-bond acceptors (Lipinski definition) is 4. The van der Waals surface area contributed by atoms with E-state index >= 15 is 0 Å².